The fourth-order valence-corrected chi connectivity index (χ4v) is 3.39. The lowest BCUT2D eigenvalue weighted by molar-refractivity contribution is -0.131. The van der Waals surface area contributed by atoms with Crippen molar-refractivity contribution in [3.05, 3.63) is 33.9 Å². The van der Waals surface area contributed by atoms with Gasteiger partial charge in [-0.25, -0.2) is 9.50 Å². The van der Waals surface area contributed by atoms with E-state index in [1.54, 1.807) is 19.2 Å². The molecule has 2 N–H and O–H groups in total. The lowest BCUT2D eigenvalue weighted by atomic mass is 9.93. The average molecular weight is 331 g/mol. The van der Waals surface area contributed by atoms with Crippen LogP contribution in [0, 0.1) is 12.8 Å². The first-order chi connectivity index (χ1) is 11.6. The van der Waals surface area contributed by atoms with Crippen LogP contribution in [0.1, 0.15) is 30.5 Å². The summed E-state index contributed by atoms with van der Waals surface area (Å²) in [6, 6.07) is 1.75. The van der Waals surface area contributed by atoms with Crippen molar-refractivity contribution in [3.8, 4) is 0 Å². The zero-order valence-electron chi connectivity index (χ0n) is 14.3. The van der Waals surface area contributed by atoms with Gasteiger partial charge in [0.2, 0.25) is 5.91 Å². The van der Waals surface area contributed by atoms with Gasteiger partial charge in [0.1, 0.15) is 0 Å². The van der Waals surface area contributed by atoms with Crippen LogP contribution in [0.4, 0.5) is 0 Å². The zero-order valence-corrected chi connectivity index (χ0v) is 14.3. The Balaban J connectivity index is 1.67. The van der Waals surface area contributed by atoms with Crippen molar-refractivity contribution in [1.82, 2.24) is 24.8 Å². The molecule has 3 rings (SSSR count). The van der Waals surface area contributed by atoms with Crippen molar-refractivity contribution in [2.45, 2.75) is 32.6 Å². The number of amides is 1. The van der Waals surface area contributed by atoms with Crippen molar-refractivity contribution >= 4 is 11.6 Å². The average Bonchev–Trinajstić information content (AvgIpc) is 3.05. The Hall–Kier alpha value is -2.15. The highest BCUT2D eigenvalue weighted by Gasteiger charge is 2.24. The SMILES string of the molecule is CNCCC1CCN(C(=O)Cc2c(C)nc3cc[nH]n3c2=O)CC1. The van der Waals surface area contributed by atoms with Gasteiger partial charge in [-0.05, 0) is 45.7 Å². The van der Waals surface area contributed by atoms with Crippen LogP contribution in [-0.4, -0.2) is 52.1 Å². The molecule has 1 aliphatic rings. The maximum Gasteiger partial charge on any atom is 0.276 e. The van der Waals surface area contributed by atoms with Crippen LogP contribution in [-0.2, 0) is 11.2 Å². The molecule has 0 bridgehead atoms. The van der Waals surface area contributed by atoms with E-state index in [0.29, 0.717) is 22.8 Å². The van der Waals surface area contributed by atoms with Gasteiger partial charge in [-0.1, -0.05) is 0 Å². The first kappa shape index (κ1) is 16.7. The molecule has 0 aliphatic carbocycles. The molecule has 1 aliphatic heterocycles. The Kier molecular flexibility index (Phi) is 4.99. The summed E-state index contributed by atoms with van der Waals surface area (Å²) in [5.74, 6) is 0.710. The summed E-state index contributed by atoms with van der Waals surface area (Å²) in [5.41, 5.74) is 1.52. The van der Waals surface area contributed by atoms with E-state index in [9.17, 15) is 9.59 Å². The number of aromatic amines is 1. The van der Waals surface area contributed by atoms with Crippen LogP contribution in [0.2, 0.25) is 0 Å². The molecule has 7 heteroatoms. The Morgan fingerprint density at radius 3 is 2.88 bits per heavy atom. The van der Waals surface area contributed by atoms with Crippen molar-refractivity contribution in [3.63, 3.8) is 0 Å². The number of aryl methyl sites for hydroxylation is 1. The minimum absolute atomic E-state index is 0.0237. The highest BCUT2D eigenvalue weighted by atomic mass is 16.2. The molecule has 0 atom stereocenters. The Morgan fingerprint density at radius 1 is 1.42 bits per heavy atom. The van der Waals surface area contributed by atoms with Gasteiger partial charge in [0.15, 0.2) is 5.65 Å². The quantitative estimate of drug-likeness (QED) is 0.846. The van der Waals surface area contributed by atoms with E-state index in [2.05, 4.69) is 15.4 Å². The van der Waals surface area contributed by atoms with Crippen LogP contribution in [0.3, 0.4) is 0 Å². The molecular formula is C17H25N5O2. The first-order valence-corrected chi connectivity index (χ1v) is 8.58. The molecule has 2 aromatic heterocycles. The topological polar surface area (TPSA) is 82.5 Å². The van der Waals surface area contributed by atoms with Crippen LogP contribution >= 0.6 is 0 Å². The van der Waals surface area contributed by atoms with Crippen molar-refractivity contribution in [1.29, 1.82) is 0 Å². The van der Waals surface area contributed by atoms with Crippen LogP contribution in [0.25, 0.3) is 5.65 Å². The molecule has 1 fully saturated rings. The molecule has 0 aromatic carbocycles. The second kappa shape index (κ2) is 7.17. The second-order valence-electron chi connectivity index (χ2n) is 6.53. The van der Waals surface area contributed by atoms with Crippen molar-refractivity contribution in [2.75, 3.05) is 26.7 Å². The molecule has 7 nitrogen and oxygen atoms in total. The maximum atomic E-state index is 12.6. The second-order valence-corrected chi connectivity index (χ2v) is 6.53. The van der Waals surface area contributed by atoms with Gasteiger partial charge in [0.25, 0.3) is 5.56 Å². The molecule has 2 aromatic rings. The lowest BCUT2D eigenvalue weighted by Gasteiger charge is -2.32. The van der Waals surface area contributed by atoms with Gasteiger partial charge in [-0.3, -0.25) is 14.7 Å². The number of hydrogen-bond donors (Lipinski definition) is 2. The maximum absolute atomic E-state index is 12.6. The number of carbonyl (C=O) groups is 1. The Morgan fingerprint density at radius 2 is 2.17 bits per heavy atom. The van der Waals surface area contributed by atoms with E-state index in [-0.39, 0.29) is 17.9 Å². The Bertz CT molecular complexity index is 771. The molecule has 0 spiro atoms. The van der Waals surface area contributed by atoms with Gasteiger partial charge >= 0.3 is 0 Å². The summed E-state index contributed by atoms with van der Waals surface area (Å²) >= 11 is 0. The largest absolute Gasteiger partial charge is 0.342 e. The number of nitrogens with one attached hydrogen (secondary N) is 2. The molecule has 1 saturated heterocycles. The summed E-state index contributed by atoms with van der Waals surface area (Å²) in [5, 5.41) is 6.02. The highest BCUT2D eigenvalue weighted by molar-refractivity contribution is 5.79. The minimum Gasteiger partial charge on any atom is -0.342 e. The van der Waals surface area contributed by atoms with Crippen LogP contribution < -0.4 is 10.9 Å². The number of nitrogens with zero attached hydrogens (tertiary/aromatic N) is 3. The van der Waals surface area contributed by atoms with Gasteiger partial charge in [0, 0.05) is 36.6 Å². The van der Waals surface area contributed by atoms with E-state index in [1.165, 1.54) is 4.52 Å². The van der Waals surface area contributed by atoms with Gasteiger partial charge < -0.3 is 10.2 Å². The zero-order chi connectivity index (χ0) is 17.1. The van der Waals surface area contributed by atoms with Crippen LogP contribution in [0.5, 0.6) is 0 Å². The van der Waals surface area contributed by atoms with E-state index in [1.807, 2.05) is 11.9 Å². The normalized spacial score (nSPS) is 16.0. The van der Waals surface area contributed by atoms with E-state index in [4.69, 9.17) is 0 Å². The molecule has 24 heavy (non-hydrogen) atoms. The fourth-order valence-electron chi connectivity index (χ4n) is 3.39. The van der Waals surface area contributed by atoms with Crippen molar-refractivity contribution < 1.29 is 4.79 Å². The predicted molar refractivity (Wildman–Crippen MR) is 92.1 cm³/mol. The number of hydrogen-bond acceptors (Lipinski definition) is 4. The predicted octanol–water partition coefficient (Wildman–Crippen LogP) is 0.722. The monoisotopic (exact) mass is 331 g/mol. The lowest BCUT2D eigenvalue weighted by Crippen LogP contribution is -2.40. The summed E-state index contributed by atoms with van der Waals surface area (Å²) < 4.78 is 1.39. The molecular weight excluding hydrogens is 306 g/mol. The molecule has 0 unspecified atom stereocenters. The smallest absolute Gasteiger partial charge is 0.276 e. The van der Waals surface area contributed by atoms with E-state index >= 15 is 0 Å². The standard InChI is InChI=1S/C17H25N5O2/c1-12-14(17(24)22-15(20-12)4-8-19-22)11-16(23)21-9-5-13(6-10-21)3-7-18-2/h4,8,13,18-19H,3,5-7,9-11H2,1-2H3. The van der Waals surface area contributed by atoms with Gasteiger partial charge in [-0.15, -0.1) is 0 Å². The summed E-state index contributed by atoms with van der Waals surface area (Å²) in [4.78, 5) is 31.4. The number of carbonyl (C=O) groups excluding carboxylic acids is 1. The molecule has 0 radical (unpaired) electrons. The molecule has 130 valence electrons. The summed E-state index contributed by atoms with van der Waals surface area (Å²) in [6.07, 6.45) is 5.04. The first-order valence-electron chi connectivity index (χ1n) is 8.58. The Labute approximate surface area is 141 Å². The number of likely N-dealkylation sites (tertiary alicyclic amines) is 1. The highest BCUT2D eigenvalue weighted by Crippen LogP contribution is 2.20. The fraction of sp³-hybridized carbons (Fsp3) is 0.588. The summed E-state index contributed by atoms with van der Waals surface area (Å²) in [6.45, 7) is 4.38. The third kappa shape index (κ3) is 3.36. The minimum atomic E-state index is -0.181. The number of H-pyrrole nitrogens is 1. The van der Waals surface area contributed by atoms with E-state index < -0.39 is 0 Å². The molecule has 1 amide bonds. The third-order valence-corrected chi connectivity index (χ3v) is 4.94. The van der Waals surface area contributed by atoms with Crippen LogP contribution in [0.15, 0.2) is 17.1 Å². The summed E-state index contributed by atoms with van der Waals surface area (Å²) in [7, 11) is 1.97. The van der Waals surface area contributed by atoms with Gasteiger partial charge in [0.05, 0.1) is 6.42 Å². The number of fused-ring (bicyclic) bond motifs is 1. The number of piperidine rings is 1. The number of rotatable bonds is 5. The molecule has 3 heterocycles. The van der Waals surface area contributed by atoms with E-state index in [0.717, 1.165) is 38.9 Å². The molecule has 0 saturated carbocycles. The van der Waals surface area contributed by atoms with Gasteiger partial charge in [-0.2, -0.15) is 0 Å². The number of aromatic nitrogens is 3. The van der Waals surface area contributed by atoms with Crippen molar-refractivity contribution in [2.24, 2.45) is 5.92 Å². The third-order valence-electron chi connectivity index (χ3n) is 4.94.